The fraction of sp³-hybridized carbons (Fsp3) is 0.316. The first-order valence-electron chi connectivity index (χ1n) is 8.04. The molecule has 4 heteroatoms. The Morgan fingerprint density at radius 1 is 1.17 bits per heavy atom. The van der Waals surface area contributed by atoms with Crippen LogP contribution in [-0.4, -0.2) is 12.6 Å². The van der Waals surface area contributed by atoms with Gasteiger partial charge in [-0.05, 0) is 31.4 Å². The minimum atomic E-state index is -0.146. The number of nitrogens with one attached hydrogen (secondary N) is 2. The van der Waals surface area contributed by atoms with Gasteiger partial charge < -0.3 is 15.4 Å². The van der Waals surface area contributed by atoms with Crippen molar-refractivity contribution in [1.29, 1.82) is 0 Å². The van der Waals surface area contributed by atoms with Crippen LogP contribution in [-0.2, 0) is 6.54 Å². The Bertz CT molecular complexity index is 667. The number of urea groups is 1. The monoisotopic (exact) mass is 310 g/mol. The summed E-state index contributed by atoms with van der Waals surface area (Å²) in [5.74, 6) is 0.869. The Labute approximate surface area is 136 Å². The summed E-state index contributed by atoms with van der Waals surface area (Å²) in [6.07, 6.45) is 1.81. The van der Waals surface area contributed by atoms with E-state index in [2.05, 4.69) is 17.6 Å². The molecule has 0 spiro atoms. The van der Waals surface area contributed by atoms with Crippen molar-refractivity contribution in [3.05, 3.63) is 65.2 Å². The average Bonchev–Trinajstić information content (AvgIpc) is 2.77. The van der Waals surface area contributed by atoms with E-state index in [4.69, 9.17) is 4.74 Å². The molecule has 0 bridgehead atoms. The Morgan fingerprint density at radius 2 is 1.96 bits per heavy atom. The molecule has 0 saturated heterocycles. The molecule has 1 aliphatic heterocycles. The lowest BCUT2D eigenvalue weighted by Crippen LogP contribution is -2.37. The predicted octanol–water partition coefficient (Wildman–Crippen LogP) is 3.71. The zero-order chi connectivity index (χ0) is 16.1. The molecule has 0 radical (unpaired) electrons. The minimum absolute atomic E-state index is 0.00767. The van der Waals surface area contributed by atoms with E-state index in [1.807, 2.05) is 48.5 Å². The first kappa shape index (κ1) is 15.4. The van der Waals surface area contributed by atoms with Crippen LogP contribution in [0.5, 0.6) is 5.75 Å². The Kier molecular flexibility index (Phi) is 4.81. The van der Waals surface area contributed by atoms with Gasteiger partial charge in [-0.3, -0.25) is 0 Å². The van der Waals surface area contributed by atoms with Crippen LogP contribution in [0.2, 0.25) is 0 Å². The van der Waals surface area contributed by atoms with Crippen LogP contribution in [0.3, 0.4) is 0 Å². The van der Waals surface area contributed by atoms with E-state index >= 15 is 0 Å². The second-order valence-electron chi connectivity index (χ2n) is 5.89. The quantitative estimate of drug-likeness (QED) is 0.908. The lowest BCUT2D eigenvalue weighted by Gasteiger charge is -2.18. The highest BCUT2D eigenvalue weighted by Crippen LogP contribution is 2.30. The molecule has 2 aromatic rings. The van der Waals surface area contributed by atoms with Crippen molar-refractivity contribution in [2.75, 3.05) is 6.61 Å². The topological polar surface area (TPSA) is 50.4 Å². The van der Waals surface area contributed by atoms with Crippen molar-refractivity contribution in [1.82, 2.24) is 10.6 Å². The Morgan fingerprint density at radius 3 is 2.78 bits per heavy atom. The maximum Gasteiger partial charge on any atom is 0.315 e. The zero-order valence-electron chi connectivity index (χ0n) is 13.3. The molecule has 2 amide bonds. The number of hydrogen-bond donors (Lipinski definition) is 2. The lowest BCUT2D eigenvalue weighted by atomic mass is 10.0. The maximum atomic E-state index is 12.2. The van der Waals surface area contributed by atoms with Crippen LogP contribution in [0.1, 0.15) is 35.6 Å². The number of fused-ring (bicyclic) bond motifs is 1. The van der Waals surface area contributed by atoms with Gasteiger partial charge in [0, 0.05) is 12.1 Å². The zero-order valence-corrected chi connectivity index (χ0v) is 13.3. The van der Waals surface area contributed by atoms with E-state index < -0.39 is 0 Å². The Hall–Kier alpha value is -2.49. The molecule has 4 nitrogen and oxygen atoms in total. The van der Waals surface area contributed by atoms with Gasteiger partial charge in [0.1, 0.15) is 5.75 Å². The highest BCUT2D eigenvalue weighted by atomic mass is 16.5. The van der Waals surface area contributed by atoms with Crippen molar-refractivity contribution in [2.24, 2.45) is 0 Å². The van der Waals surface area contributed by atoms with Gasteiger partial charge >= 0.3 is 6.03 Å². The van der Waals surface area contributed by atoms with Crippen LogP contribution in [0.4, 0.5) is 4.79 Å². The van der Waals surface area contributed by atoms with Gasteiger partial charge in [-0.1, -0.05) is 48.0 Å². The molecule has 1 heterocycles. The number of aryl methyl sites for hydroxylation is 1. The SMILES string of the molecule is Cc1ccc(CNC(=O)NC2CCCOc3ccccc32)cc1. The minimum Gasteiger partial charge on any atom is -0.493 e. The standard InChI is InChI=1S/C19H22N2O2/c1-14-8-10-15(11-9-14)13-20-19(22)21-17-6-4-12-23-18-7-3-2-5-16(17)18/h2-3,5,7-11,17H,4,6,12-13H2,1H3,(H2,20,21,22). The third kappa shape index (κ3) is 4.03. The molecule has 2 N–H and O–H groups in total. The molecule has 23 heavy (non-hydrogen) atoms. The van der Waals surface area contributed by atoms with Crippen LogP contribution in [0, 0.1) is 6.92 Å². The molecule has 0 fully saturated rings. The summed E-state index contributed by atoms with van der Waals surface area (Å²) in [5.41, 5.74) is 3.36. The highest BCUT2D eigenvalue weighted by Gasteiger charge is 2.20. The molecule has 2 aromatic carbocycles. The second-order valence-corrected chi connectivity index (χ2v) is 5.89. The van der Waals surface area contributed by atoms with Crippen molar-refractivity contribution in [3.8, 4) is 5.75 Å². The highest BCUT2D eigenvalue weighted by molar-refractivity contribution is 5.74. The van der Waals surface area contributed by atoms with Gasteiger partial charge in [-0.25, -0.2) is 4.79 Å². The predicted molar refractivity (Wildman–Crippen MR) is 90.5 cm³/mol. The van der Waals surface area contributed by atoms with Crippen molar-refractivity contribution >= 4 is 6.03 Å². The average molecular weight is 310 g/mol. The summed E-state index contributed by atoms with van der Waals surface area (Å²) >= 11 is 0. The number of rotatable bonds is 3. The molecule has 0 aliphatic carbocycles. The lowest BCUT2D eigenvalue weighted by molar-refractivity contribution is 0.236. The first-order chi connectivity index (χ1) is 11.2. The van der Waals surface area contributed by atoms with Crippen molar-refractivity contribution in [2.45, 2.75) is 32.4 Å². The van der Waals surface area contributed by atoms with Crippen LogP contribution in [0.25, 0.3) is 0 Å². The molecule has 3 rings (SSSR count). The van der Waals surface area contributed by atoms with Gasteiger partial charge in [-0.15, -0.1) is 0 Å². The van der Waals surface area contributed by atoms with Crippen LogP contribution in [0.15, 0.2) is 48.5 Å². The smallest absolute Gasteiger partial charge is 0.315 e. The third-order valence-electron chi connectivity index (χ3n) is 4.07. The number of carbonyl (C=O) groups excluding carboxylic acids is 1. The van der Waals surface area contributed by atoms with Gasteiger partial charge in [0.2, 0.25) is 0 Å². The molecule has 1 unspecified atom stereocenters. The number of benzene rings is 2. The van der Waals surface area contributed by atoms with E-state index in [-0.39, 0.29) is 12.1 Å². The van der Waals surface area contributed by atoms with Crippen molar-refractivity contribution in [3.63, 3.8) is 0 Å². The molecular weight excluding hydrogens is 288 g/mol. The summed E-state index contributed by atoms with van der Waals surface area (Å²) in [4.78, 5) is 12.2. The van der Waals surface area contributed by atoms with Crippen LogP contribution < -0.4 is 15.4 Å². The number of amides is 2. The normalized spacial score (nSPS) is 16.7. The number of carbonyl (C=O) groups is 1. The maximum absolute atomic E-state index is 12.2. The van der Waals surface area contributed by atoms with E-state index in [0.29, 0.717) is 13.2 Å². The first-order valence-corrected chi connectivity index (χ1v) is 8.04. The van der Waals surface area contributed by atoms with Gasteiger partial charge in [0.05, 0.1) is 12.6 Å². The van der Waals surface area contributed by atoms with Gasteiger partial charge in [-0.2, -0.15) is 0 Å². The fourth-order valence-corrected chi connectivity index (χ4v) is 2.77. The molecule has 0 saturated carbocycles. The second kappa shape index (κ2) is 7.18. The molecule has 1 atom stereocenters. The fourth-order valence-electron chi connectivity index (χ4n) is 2.77. The Balaban J connectivity index is 1.60. The molecule has 1 aliphatic rings. The molecule has 0 aromatic heterocycles. The summed E-state index contributed by atoms with van der Waals surface area (Å²) in [6, 6.07) is 15.9. The van der Waals surface area contributed by atoms with Crippen molar-refractivity contribution < 1.29 is 9.53 Å². The van der Waals surface area contributed by atoms with E-state index in [1.165, 1.54) is 5.56 Å². The van der Waals surface area contributed by atoms with E-state index in [9.17, 15) is 4.79 Å². The number of ether oxygens (including phenoxy) is 1. The van der Waals surface area contributed by atoms with Gasteiger partial charge in [0.25, 0.3) is 0 Å². The van der Waals surface area contributed by atoms with Gasteiger partial charge in [0.15, 0.2) is 0 Å². The van der Waals surface area contributed by atoms with E-state index in [1.54, 1.807) is 0 Å². The summed E-state index contributed by atoms with van der Waals surface area (Å²) in [6.45, 7) is 3.27. The largest absolute Gasteiger partial charge is 0.493 e. The summed E-state index contributed by atoms with van der Waals surface area (Å²) < 4.78 is 5.73. The molecule has 120 valence electrons. The number of para-hydroxylation sites is 1. The summed E-state index contributed by atoms with van der Waals surface area (Å²) in [7, 11) is 0. The number of hydrogen-bond acceptors (Lipinski definition) is 2. The summed E-state index contributed by atoms with van der Waals surface area (Å²) in [5, 5.41) is 5.99. The van der Waals surface area contributed by atoms with Crippen LogP contribution >= 0.6 is 0 Å². The molecular formula is C19H22N2O2. The third-order valence-corrected chi connectivity index (χ3v) is 4.07. The van der Waals surface area contributed by atoms with E-state index in [0.717, 1.165) is 29.7 Å².